The number of nitrogens with zero attached hydrogens (tertiary/aromatic N) is 4. The van der Waals surface area contributed by atoms with Crippen molar-refractivity contribution in [2.45, 2.75) is 25.3 Å². The van der Waals surface area contributed by atoms with Crippen molar-refractivity contribution in [3.8, 4) is 0 Å². The van der Waals surface area contributed by atoms with Crippen molar-refractivity contribution in [2.24, 2.45) is 5.73 Å². The molecule has 2 aromatic heterocycles. The van der Waals surface area contributed by atoms with Crippen LogP contribution < -0.4 is 5.73 Å². The molecule has 2 aromatic rings. The van der Waals surface area contributed by atoms with Gasteiger partial charge in [0.2, 0.25) is 0 Å². The molecule has 0 saturated carbocycles. The van der Waals surface area contributed by atoms with Gasteiger partial charge in [-0.1, -0.05) is 0 Å². The van der Waals surface area contributed by atoms with Crippen LogP contribution in [0.2, 0.25) is 0 Å². The highest BCUT2D eigenvalue weighted by Crippen LogP contribution is 2.27. The third-order valence-corrected chi connectivity index (χ3v) is 4.63. The van der Waals surface area contributed by atoms with Crippen LogP contribution in [0.1, 0.15) is 30.1 Å². The molecule has 0 bridgehead atoms. The number of nitrogens with two attached hydrogens (primary N) is 1. The Hall–Kier alpha value is -0.980. The molecule has 0 aromatic carbocycles. The Kier molecular flexibility index (Phi) is 3.56. The first-order chi connectivity index (χ1) is 9.19. The molecule has 0 radical (unpaired) electrons. The van der Waals surface area contributed by atoms with Crippen LogP contribution in [0, 0.1) is 0 Å². The van der Waals surface area contributed by atoms with Crippen LogP contribution in [0.3, 0.4) is 0 Å². The summed E-state index contributed by atoms with van der Waals surface area (Å²) in [4.78, 5) is 6.82. The van der Waals surface area contributed by atoms with Crippen molar-refractivity contribution in [2.75, 3.05) is 20.1 Å². The van der Waals surface area contributed by atoms with E-state index in [1.165, 1.54) is 12.8 Å². The Morgan fingerprint density at radius 3 is 2.79 bits per heavy atom. The van der Waals surface area contributed by atoms with Crippen molar-refractivity contribution < 1.29 is 0 Å². The Morgan fingerprint density at radius 1 is 1.37 bits per heavy atom. The number of hydrogen-bond acceptors (Lipinski definition) is 4. The van der Waals surface area contributed by atoms with Gasteiger partial charge < -0.3 is 10.6 Å². The third kappa shape index (κ3) is 2.40. The number of rotatable bonds is 2. The first kappa shape index (κ1) is 13.0. The van der Waals surface area contributed by atoms with Gasteiger partial charge in [0.05, 0.1) is 11.4 Å². The van der Waals surface area contributed by atoms with Gasteiger partial charge in [0.25, 0.3) is 0 Å². The van der Waals surface area contributed by atoms with E-state index in [-0.39, 0.29) is 0 Å². The summed E-state index contributed by atoms with van der Waals surface area (Å²) in [5, 5.41) is 4.73. The maximum absolute atomic E-state index is 5.67. The van der Waals surface area contributed by atoms with E-state index in [1.54, 1.807) is 0 Å². The number of imidazole rings is 1. The summed E-state index contributed by atoms with van der Waals surface area (Å²) in [7, 11) is 2.17. The standard InChI is InChI=1S/C13H18BrN5/c1-18-6-4-9(5-7-18)10-2-3-12-16-11(8-15)13(14)19(12)17-10/h2-3,9H,4-8,15H2,1H3. The lowest BCUT2D eigenvalue weighted by Crippen LogP contribution is -2.29. The minimum Gasteiger partial charge on any atom is -0.325 e. The third-order valence-electron chi connectivity index (χ3n) is 3.84. The minimum absolute atomic E-state index is 0.424. The monoisotopic (exact) mass is 323 g/mol. The highest BCUT2D eigenvalue weighted by molar-refractivity contribution is 9.10. The highest BCUT2D eigenvalue weighted by atomic mass is 79.9. The minimum atomic E-state index is 0.424. The van der Waals surface area contributed by atoms with Crippen LogP contribution in [0.15, 0.2) is 16.7 Å². The van der Waals surface area contributed by atoms with Crippen LogP contribution in [-0.4, -0.2) is 39.6 Å². The van der Waals surface area contributed by atoms with Crippen LogP contribution in [0.4, 0.5) is 0 Å². The largest absolute Gasteiger partial charge is 0.325 e. The summed E-state index contributed by atoms with van der Waals surface area (Å²) >= 11 is 3.53. The van der Waals surface area contributed by atoms with Gasteiger partial charge in [-0.3, -0.25) is 0 Å². The van der Waals surface area contributed by atoms with Gasteiger partial charge in [-0.15, -0.1) is 0 Å². The van der Waals surface area contributed by atoms with E-state index in [1.807, 2.05) is 10.6 Å². The van der Waals surface area contributed by atoms with Crippen LogP contribution in [0.25, 0.3) is 5.65 Å². The molecule has 1 fully saturated rings. The molecular formula is C13H18BrN5. The number of halogens is 1. The van der Waals surface area contributed by atoms with E-state index >= 15 is 0 Å². The lowest BCUT2D eigenvalue weighted by Gasteiger charge is -2.28. The number of fused-ring (bicyclic) bond motifs is 1. The molecule has 19 heavy (non-hydrogen) atoms. The zero-order valence-corrected chi connectivity index (χ0v) is 12.6. The second-order valence-corrected chi connectivity index (χ2v) is 5.91. The summed E-state index contributed by atoms with van der Waals surface area (Å²) in [5.41, 5.74) is 8.53. The van der Waals surface area contributed by atoms with Crippen molar-refractivity contribution in [1.29, 1.82) is 0 Å². The molecule has 102 valence electrons. The van der Waals surface area contributed by atoms with Gasteiger partial charge in [-0.2, -0.15) is 5.10 Å². The first-order valence-electron chi connectivity index (χ1n) is 6.61. The lowest BCUT2D eigenvalue weighted by atomic mass is 9.94. The fraction of sp³-hybridized carbons (Fsp3) is 0.538. The molecule has 0 amide bonds. The predicted molar refractivity (Wildman–Crippen MR) is 78.1 cm³/mol. The zero-order valence-electron chi connectivity index (χ0n) is 11.0. The van der Waals surface area contributed by atoms with Crippen molar-refractivity contribution >= 4 is 21.6 Å². The van der Waals surface area contributed by atoms with Crippen molar-refractivity contribution in [1.82, 2.24) is 19.5 Å². The Bertz CT molecular complexity index is 586. The quantitative estimate of drug-likeness (QED) is 0.914. The smallest absolute Gasteiger partial charge is 0.155 e. The summed E-state index contributed by atoms with van der Waals surface area (Å²) in [6.45, 7) is 2.71. The van der Waals surface area contributed by atoms with E-state index in [0.29, 0.717) is 12.5 Å². The molecule has 3 heterocycles. The Balaban J connectivity index is 1.95. The van der Waals surface area contributed by atoms with Gasteiger partial charge in [-0.05, 0) is 61.0 Å². The van der Waals surface area contributed by atoms with E-state index in [2.05, 4.69) is 38.9 Å². The second kappa shape index (κ2) is 5.19. The molecule has 1 saturated heterocycles. The molecule has 1 aliphatic heterocycles. The average Bonchev–Trinajstić information content (AvgIpc) is 2.76. The summed E-state index contributed by atoms with van der Waals surface area (Å²) in [6.07, 6.45) is 2.34. The molecule has 0 atom stereocenters. The second-order valence-electron chi connectivity index (χ2n) is 5.16. The molecule has 1 aliphatic rings. The average molecular weight is 324 g/mol. The van der Waals surface area contributed by atoms with E-state index in [4.69, 9.17) is 10.8 Å². The molecular weight excluding hydrogens is 306 g/mol. The molecule has 0 spiro atoms. The molecule has 2 N–H and O–H groups in total. The number of aromatic nitrogens is 3. The molecule has 5 nitrogen and oxygen atoms in total. The summed E-state index contributed by atoms with van der Waals surface area (Å²) in [5.74, 6) is 0.552. The maximum atomic E-state index is 5.67. The number of piperidine rings is 1. The van der Waals surface area contributed by atoms with Crippen molar-refractivity contribution in [3.63, 3.8) is 0 Å². The van der Waals surface area contributed by atoms with Gasteiger partial charge in [0.15, 0.2) is 5.65 Å². The molecule has 6 heteroatoms. The highest BCUT2D eigenvalue weighted by Gasteiger charge is 2.20. The summed E-state index contributed by atoms with van der Waals surface area (Å²) in [6, 6.07) is 4.13. The zero-order chi connectivity index (χ0) is 13.4. The van der Waals surface area contributed by atoms with Crippen molar-refractivity contribution in [3.05, 3.63) is 28.1 Å². The first-order valence-corrected chi connectivity index (χ1v) is 7.41. The van der Waals surface area contributed by atoms with E-state index in [9.17, 15) is 0 Å². The molecule has 0 aliphatic carbocycles. The lowest BCUT2D eigenvalue weighted by molar-refractivity contribution is 0.252. The van der Waals surface area contributed by atoms with Gasteiger partial charge in [0.1, 0.15) is 4.60 Å². The Morgan fingerprint density at radius 2 is 2.11 bits per heavy atom. The molecule has 3 rings (SSSR count). The normalized spacial score (nSPS) is 18.3. The predicted octanol–water partition coefficient (Wildman–Crippen LogP) is 1.76. The Labute approximate surface area is 120 Å². The maximum Gasteiger partial charge on any atom is 0.155 e. The van der Waals surface area contributed by atoms with Gasteiger partial charge in [0, 0.05) is 12.5 Å². The van der Waals surface area contributed by atoms with Crippen LogP contribution in [0.5, 0.6) is 0 Å². The van der Waals surface area contributed by atoms with Gasteiger partial charge >= 0.3 is 0 Å². The van der Waals surface area contributed by atoms with E-state index in [0.717, 1.165) is 34.7 Å². The fourth-order valence-corrected chi connectivity index (χ4v) is 3.13. The fourth-order valence-electron chi connectivity index (χ4n) is 2.62. The van der Waals surface area contributed by atoms with Gasteiger partial charge in [-0.25, -0.2) is 9.50 Å². The van der Waals surface area contributed by atoms with Crippen LogP contribution in [-0.2, 0) is 6.54 Å². The molecule has 0 unspecified atom stereocenters. The summed E-state index contributed by atoms with van der Waals surface area (Å²) < 4.78 is 2.73. The number of hydrogen-bond donors (Lipinski definition) is 1. The topological polar surface area (TPSA) is 59.5 Å². The SMILES string of the molecule is CN1CCC(c2ccc3nc(CN)c(Br)n3n2)CC1. The van der Waals surface area contributed by atoms with E-state index < -0.39 is 0 Å². The number of likely N-dealkylation sites (tertiary alicyclic amines) is 1. The van der Waals surface area contributed by atoms with Crippen LogP contribution >= 0.6 is 15.9 Å².